The molecular weight excluding hydrogens is 144 g/mol. The van der Waals surface area contributed by atoms with Gasteiger partial charge in [-0.3, -0.25) is 4.79 Å². The normalized spacial score (nSPS) is 32.2. The van der Waals surface area contributed by atoms with Crippen LogP contribution in [-0.2, 0) is 9.53 Å². The zero-order valence-corrected chi connectivity index (χ0v) is 7.18. The van der Waals surface area contributed by atoms with Gasteiger partial charge in [0, 0.05) is 0 Å². The van der Waals surface area contributed by atoms with Gasteiger partial charge in [0.25, 0.3) is 0 Å². The quantitative estimate of drug-likeness (QED) is 0.528. The highest BCUT2D eigenvalue weighted by Crippen LogP contribution is 2.37. The van der Waals surface area contributed by atoms with Gasteiger partial charge in [-0.05, 0) is 5.41 Å². The zero-order valence-electron chi connectivity index (χ0n) is 7.18. The van der Waals surface area contributed by atoms with E-state index in [0.717, 1.165) is 0 Å². The minimum atomic E-state index is -0.968. The lowest BCUT2D eigenvalue weighted by Gasteiger charge is -2.33. The summed E-state index contributed by atoms with van der Waals surface area (Å²) >= 11 is 0. The predicted octanol–water partition coefficient (Wildman–Crippen LogP) is 0.711. The number of hydrogen-bond donors (Lipinski definition) is 1. The van der Waals surface area contributed by atoms with Gasteiger partial charge in [0.2, 0.25) is 0 Å². The van der Waals surface area contributed by atoms with Gasteiger partial charge >= 0.3 is 5.97 Å². The summed E-state index contributed by atoms with van der Waals surface area (Å²) in [4.78, 5) is 10.7. The molecule has 1 unspecified atom stereocenters. The fourth-order valence-electron chi connectivity index (χ4n) is 1.02. The van der Waals surface area contributed by atoms with E-state index >= 15 is 0 Å². The third kappa shape index (κ3) is 1.38. The van der Waals surface area contributed by atoms with E-state index < -0.39 is 5.60 Å². The molecule has 1 atom stereocenters. The number of cyclic esters (lactones) is 1. The van der Waals surface area contributed by atoms with Crippen LogP contribution in [0.5, 0.6) is 0 Å². The summed E-state index contributed by atoms with van der Waals surface area (Å²) in [6.07, 6.45) is 0.122. The van der Waals surface area contributed by atoms with Crippen molar-refractivity contribution in [2.45, 2.75) is 32.8 Å². The summed E-state index contributed by atoms with van der Waals surface area (Å²) in [5, 5.41) is 9.85. The van der Waals surface area contributed by atoms with E-state index in [4.69, 9.17) is 4.74 Å². The molecule has 1 saturated heterocycles. The van der Waals surface area contributed by atoms with Gasteiger partial charge in [-0.1, -0.05) is 20.8 Å². The molecule has 0 saturated carbocycles. The number of carbonyl (C=O) groups excluding carboxylic acids is 1. The van der Waals surface area contributed by atoms with Crippen LogP contribution in [0.15, 0.2) is 0 Å². The highest BCUT2D eigenvalue weighted by molar-refractivity contribution is 5.73. The highest BCUT2D eigenvalue weighted by atomic mass is 16.6. The first kappa shape index (κ1) is 8.53. The van der Waals surface area contributed by atoms with Crippen LogP contribution in [-0.4, -0.2) is 23.3 Å². The first-order valence-corrected chi connectivity index (χ1v) is 3.73. The molecular formula is C8H14O3. The Labute approximate surface area is 66.4 Å². The number of aliphatic hydroxyl groups is 1. The van der Waals surface area contributed by atoms with Gasteiger partial charge in [0.05, 0.1) is 6.42 Å². The van der Waals surface area contributed by atoms with E-state index in [9.17, 15) is 9.90 Å². The van der Waals surface area contributed by atoms with Gasteiger partial charge in [0.1, 0.15) is 12.2 Å². The van der Waals surface area contributed by atoms with Crippen molar-refractivity contribution in [2.24, 2.45) is 5.41 Å². The van der Waals surface area contributed by atoms with Crippen molar-refractivity contribution in [3.05, 3.63) is 0 Å². The van der Waals surface area contributed by atoms with Crippen molar-refractivity contribution in [3.63, 3.8) is 0 Å². The second-order valence-corrected chi connectivity index (χ2v) is 4.12. The predicted molar refractivity (Wildman–Crippen MR) is 40.0 cm³/mol. The number of esters is 1. The Morgan fingerprint density at radius 1 is 1.55 bits per heavy atom. The lowest BCUT2D eigenvalue weighted by atomic mass is 9.76. The lowest BCUT2D eigenvalue weighted by Crippen LogP contribution is -2.43. The second kappa shape index (κ2) is 2.21. The molecule has 0 spiro atoms. The molecule has 1 heterocycles. The molecule has 11 heavy (non-hydrogen) atoms. The summed E-state index contributed by atoms with van der Waals surface area (Å²) in [5.41, 5.74) is -1.26. The minimum absolute atomic E-state index is 0.122. The number of carbonyl (C=O) groups is 1. The molecule has 1 N–H and O–H groups in total. The topological polar surface area (TPSA) is 46.5 Å². The van der Waals surface area contributed by atoms with Gasteiger partial charge in [-0.15, -0.1) is 0 Å². The third-order valence-corrected chi connectivity index (χ3v) is 2.30. The second-order valence-electron chi connectivity index (χ2n) is 4.12. The summed E-state index contributed by atoms with van der Waals surface area (Å²) < 4.78 is 4.71. The van der Waals surface area contributed by atoms with Crippen LogP contribution in [0, 0.1) is 5.41 Å². The maximum absolute atomic E-state index is 10.7. The standard InChI is InChI=1S/C8H14O3/c1-7(2,3)8(10)4-6(9)11-5-8/h10H,4-5H2,1-3H3. The molecule has 64 valence electrons. The molecule has 0 bridgehead atoms. The van der Waals surface area contributed by atoms with Gasteiger partial charge in [0.15, 0.2) is 0 Å². The van der Waals surface area contributed by atoms with Crippen molar-refractivity contribution in [1.82, 2.24) is 0 Å². The summed E-state index contributed by atoms with van der Waals surface area (Å²) in [6.45, 7) is 5.83. The van der Waals surface area contributed by atoms with E-state index in [-0.39, 0.29) is 24.4 Å². The largest absolute Gasteiger partial charge is 0.462 e. The van der Waals surface area contributed by atoms with Crippen LogP contribution in [0.25, 0.3) is 0 Å². The average Bonchev–Trinajstić information content (AvgIpc) is 2.10. The Balaban J connectivity index is 2.77. The maximum Gasteiger partial charge on any atom is 0.308 e. The van der Waals surface area contributed by atoms with E-state index in [0.29, 0.717) is 0 Å². The van der Waals surface area contributed by atoms with Crippen LogP contribution >= 0.6 is 0 Å². The number of rotatable bonds is 0. The summed E-state index contributed by atoms with van der Waals surface area (Å²) in [6, 6.07) is 0. The van der Waals surface area contributed by atoms with Gasteiger partial charge in [-0.2, -0.15) is 0 Å². The molecule has 0 aromatic carbocycles. The van der Waals surface area contributed by atoms with E-state index in [2.05, 4.69) is 0 Å². The fraction of sp³-hybridized carbons (Fsp3) is 0.875. The van der Waals surface area contributed by atoms with E-state index in [1.807, 2.05) is 20.8 Å². The molecule has 1 fully saturated rings. The van der Waals surface area contributed by atoms with Crippen LogP contribution in [0.4, 0.5) is 0 Å². The van der Waals surface area contributed by atoms with E-state index in [1.165, 1.54) is 0 Å². The molecule has 0 amide bonds. The minimum Gasteiger partial charge on any atom is -0.462 e. The third-order valence-electron chi connectivity index (χ3n) is 2.30. The van der Waals surface area contributed by atoms with Gasteiger partial charge < -0.3 is 9.84 Å². The Morgan fingerprint density at radius 2 is 2.09 bits per heavy atom. The molecule has 0 aromatic rings. The Bertz CT molecular complexity index is 180. The first-order valence-electron chi connectivity index (χ1n) is 3.73. The fourth-order valence-corrected chi connectivity index (χ4v) is 1.02. The van der Waals surface area contributed by atoms with Crippen molar-refractivity contribution in [1.29, 1.82) is 0 Å². The van der Waals surface area contributed by atoms with Crippen LogP contribution in [0.2, 0.25) is 0 Å². The maximum atomic E-state index is 10.7. The molecule has 3 nitrogen and oxygen atoms in total. The SMILES string of the molecule is CC(C)(C)C1(O)COC(=O)C1. The van der Waals surface area contributed by atoms with Crippen molar-refractivity contribution < 1.29 is 14.6 Å². The monoisotopic (exact) mass is 158 g/mol. The lowest BCUT2D eigenvalue weighted by molar-refractivity contribution is -0.137. The molecule has 0 radical (unpaired) electrons. The number of ether oxygens (including phenoxy) is 1. The van der Waals surface area contributed by atoms with Crippen LogP contribution in [0.1, 0.15) is 27.2 Å². The molecule has 0 aromatic heterocycles. The molecule has 1 aliphatic heterocycles. The summed E-state index contributed by atoms with van der Waals surface area (Å²) in [7, 11) is 0. The first-order chi connectivity index (χ1) is 4.85. The molecule has 0 aliphatic carbocycles. The number of hydrogen-bond acceptors (Lipinski definition) is 3. The van der Waals surface area contributed by atoms with Crippen molar-refractivity contribution in [3.8, 4) is 0 Å². The molecule has 3 heteroatoms. The molecule has 1 rings (SSSR count). The molecule has 1 aliphatic rings. The van der Waals surface area contributed by atoms with Crippen molar-refractivity contribution >= 4 is 5.97 Å². The smallest absolute Gasteiger partial charge is 0.308 e. The summed E-state index contributed by atoms with van der Waals surface area (Å²) in [5.74, 6) is -0.303. The van der Waals surface area contributed by atoms with E-state index in [1.54, 1.807) is 0 Å². The Kier molecular flexibility index (Phi) is 1.71. The Morgan fingerprint density at radius 3 is 2.27 bits per heavy atom. The average molecular weight is 158 g/mol. The van der Waals surface area contributed by atoms with Crippen LogP contribution in [0.3, 0.4) is 0 Å². The van der Waals surface area contributed by atoms with Crippen LogP contribution < -0.4 is 0 Å². The Hall–Kier alpha value is -0.570. The van der Waals surface area contributed by atoms with Crippen molar-refractivity contribution in [2.75, 3.05) is 6.61 Å². The zero-order chi connectivity index (χ0) is 8.70. The van der Waals surface area contributed by atoms with Gasteiger partial charge in [-0.25, -0.2) is 0 Å². The highest BCUT2D eigenvalue weighted by Gasteiger charge is 2.47.